The van der Waals surface area contributed by atoms with Crippen LogP contribution in [0.25, 0.3) is 0 Å². The maximum absolute atomic E-state index is 9.31. The van der Waals surface area contributed by atoms with Gasteiger partial charge in [-0.15, -0.1) is 0 Å². The fourth-order valence-corrected chi connectivity index (χ4v) is 2.28. The van der Waals surface area contributed by atoms with Crippen LogP contribution in [0.3, 0.4) is 0 Å². The van der Waals surface area contributed by atoms with E-state index >= 15 is 0 Å². The summed E-state index contributed by atoms with van der Waals surface area (Å²) in [6.07, 6.45) is 9.10. The average molecular weight is 280 g/mol. The Morgan fingerprint density at radius 2 is 1.90 bits per heavy atom. The normalized spacial score (nSPS) is 10.8. The predicted molar refractivity (Wildman–Crippen MR) is 81.7 cm³/mol. The quantitative estimate of drug-likeness (QED) is 0.646. The van der Waals surface area contributed by atoms with Crippen LogP contribution in [0.1, 0.15) is 62.3 Å². The van der Waals surface area contributed by atoms with E-state index in [1.807, 2.05) is 6.92 Å². The van der Waals surface area contributed by atoms with Gasteiger partial charge in [-0.25, -0.2) is 0 Å². The zero-order chi connectivity index (χ0) is 14.8. The highest BCUT2D eigenvalue weighted by Crippen LogP contribution is 2.25. The third kappa shape index (κ3) is 5.10. The first-order chi connectivity index (χ1) is 9.74. The van der Waals surface area contributed by atoms with Crippen molar-refractivity contribution in [2.75, 3.05) is 6.61 Å². The summed E-state index contributed by atoms with van der Waals surface area (Å²) in [5, 5.41) is 9.31. The van der Waals surface area contributed by atoms with Crippen molar-refractivity contribution in [2.45, 2.75) is 65.5 Å². The van der Waals surface area contributed by atoms with Crippen molar-refractivity contribution in [1.82, 2.24) is 4.98 Å². The number of aromatic nitrogens is 1. The number of aliphatic hydroxyl groups excluding tert-OH is 1. The molecule has 0 amide bonds. The molecule has 114 valence electrons. The summed E-state index contributed by atoms with van der Waals surface area (Å²) in [5.41, 5.74) is 8.24. The lowest BCUT2D eigenvalue weighted by Gasteiger charge is -2.15. The first kappa shape index (κ1) is 16.9. The van der Waals surface area contributed by atoms with E-state index in [4.69, 9.17) is 10.5 Å². The second-order valence-electron chi connectivity index (χ2n) is 5.15. The van der Waals surface area contributed by atoms with Gasteiger partial charge < -0.3 is 15.6 Å². The number of nitrogens with zero attached hydrogens (tertiary/aromatic N) is 1. The molecule has 0 aromatic carbocycles. The lowest BCUT2D eigenvalue weighted by Crippen LogP contribution is -2.10. The van der Waals surface area contributed by atoms with Crippen LogP contribution in [-0.4, -0.2) is 16.7 Å². The van der Waals surface area contributed by atoms with E-state index in [0.29, 0.717) is 13.2 Å². The van der Waals surface area contributed by atoms with E-state index in [2.05, 4.69) is 11.9 Å². The molecule has 1 aromatic rings. The van der Waals surface area contributed by atoms with Crippen LogP contribution < -0.4 is 10.5 Å². The second kappa shape index (κ2) is 9.72. The number of unbranched alkanes of at least 4 members (excludes halogenated alkanes) is 5. The highest BCUT2D eigenvalue weighted by Gasteiger charge is 2.12. The fourth-order valence-electron chi connectivity index (χ4n) is 2.28. The van der Waals surface area contributed by atoms with Crippen LogP contribution in [0.15, 0.2) is 6.20 Å². The Balaban J connectivity index is 2.46. The minimum absolute atomic E-state index is 0.0484. The summed E-state index contributed by atoms with van der Waals surface area (Å²) in [5.74, 6) is 0.757. The molecule has 0 aliphatic heterocycles. The maximum atomic E-state index is 9.31. The van der Waals surface area contributed by atoms with Crippen LogP contribution in [0.4, 0.5) is 0 Å². The maximum Gasteiger partial charge on any atom is 0.145 e. The second-order valence-corrected chi connectivity index (χ2v) is 5.15. The summed E-state index contributed by atoms with van der Waals surface area (Å²) in [7, 11) is 0. The minimum atomic E-state index is -0.0484. The first-order valence-electron chi connectivity index (χ1n) is 7.65. The molecule has 0 atom stereocenters. The minimum Gasteiger partial charge on any atom is -0.491 e. The van der Waals surface area contributed by atoms with Gasteiger partial charge in [-0.2, -0.15) is 0 Å². The van der Waals surface area contributed by atoms with Crippen LogP contribution in [0, 0.1) is 6.92 Å². The number of ether oxygens (including phenoxy) is 1. The van der Waals surface area contributed by atoms with Gasteiger partial charge in [0.25, 0.3) is 0 Å². The van der Waals surface area contributed by atoms with Gasteiger partial charge in [0.05, 0.1) is 18.9 Å². The molecule has 0 saturated carbocycles. The van der Waals surface area contributed by atoms with Crippen molar-refractivity contribution in [1.29, 1.82) is 0 Å². The van der Waals surface area contributed by atoms with Crippen molar-refractivity contribution in [3.63, 3.8) is 0 Å². The van der Waals surface area contributed by atoms with Gasteiger partial charge in [0.15, 0.2) is 0 Å². The van der Waals surface area contributed by atoms with Gasteiger partial charge >= 0.3 is 0 Å². The summed E-state index contributed by atoms with van der Waals surface area (Å²) in [4.78, 5) is 4.26. The first-order valence-corrected chi connectivity index (χ1v) is 7.65. The summed E-state index contributed by atoms with van der Waals surface area (Å²) >= 11 is 0. The lowest BCUT2D eigenvalue weighted by molar-refractivity contribution is 0.273. The SMILES string of the molecule is CCCCCCCCOc1c(C)ncc(CO)c1CN. The van der Waals surface area contributed by atoms with Gasteiger partial charge in [0.1, 0.15) is 5.75 Å². The van der Waals surface area contributed by atoms with E-state index in [0.717, 1.165) is 29.0 Å². The standard InChI is InChI=1S/C16H28N2O2/c1-3-4-5-6-7-8-9-20-16-13(2)18-11-14(12-19)15(16)10-17/h11,19H,3-10,12,17H2,1-2H3. The Kier molecular flexibility index (Phi) is 8.23. The van der Waals surface area contributed by atoms with Crippen molar-refractivity contribution < 1.29 is 9.84 Å². The number of aryl methyl sites for hydroxylation is 1. The number of rotatable bonds is 10. The van der Waals surface area contributed by atoms with E-state index in [1.54, 1.807) is 6.20 Å². The molecule has 0 aliphatic rings. The molecule has 0 aliphatic carbocycles. The Morgan fingerprint density at radius 3 is 2.55 bits per heavy atom. The highest BCUT2D eigenvalue weighted by molar-refractivity contribution is 5.41. The topological polar surface area (TPSA) is 68.4 Å². The Labute approximate surface area is 122 Å². The van der Waals surface area contributed by atoms with Crippen LogP contribution in [0.5, 0.6) is 5.75 Å². The molecular formula is C16H28N2O2. The van der Waals surface area contributed by atoms with E-state index in [-0.39, 0.29) is 6.61 Å². The number of nitrogens with two attached hydrogens (primary N) is 1. The summed E-state index contributed by atoms with van der Waals surface area (Å²) in [6.45, 7) is 5.15. The van der Waals surface area contributed by atoms with Gasteiger partial charge in [-0.1, -0.05) is 39.0 Å². The molecule has 0 fully saturated rings. The molecule has 0 radical (unpaired) electrons. The number of pyridine rings is 1. The molecule has 1 aromatic heterocycles. The molecular weight excluding hydrogens is 252 g/mol. The highest BCUT2D eigenvalue weighted by atomic mass is 16.5. The predicted octanol–water partition coefficient (Wildman–Crippen LogP) is 3.08. The zero-order valence-electron chi connectivity index (χ0n) is 12.8. The van der Waals surface area contributed by atoms with Crippen molar-refractivity contribution in [3.8, 4) is 5.75 Å². The summed E-state index contributed by atoms with van der Waals surface area (Å²) < 4.78 is 5.85. The molecule has 20 heavy (non-hydrogen) atoms. The molecule has 0 spiro atoms. The Bertz CT molecular complexity index is 394. The van der Waals surface area contributed by atoms with E-state index in [1.165, 1.54) is 32.1 Å². The summed E-state index contributed by atoms with van der Waals surface area (Å²) in [6, 6.07) is 0. The van der Waals surface area contributed by atoms with E-state index < -0.39 is 0 Å². The molecule has 0 bridgehead atoms. The third-order valence-electron chi connectivity index (χ3n) is 3.52. The van der Waals surface area contributed by atoms with Crippen LogP contribution >= 0.6 is 0 Å². The van der Waals surface area contributed by atoms with Crippen molar-refractivity contribution in [2.24, 2.45) is 5.73 Å². The van der Waals surface area contributed by atoms with Gasteiger partial charge in [-0.3, -0.25) is 4.98 Å². The molecule has 4 nitrogen and oxygen atoms in total. The number of hydrogen-bond donors (Lipinski definition) is 2. The molecule has 0 saturated heterocycles. The monoisotopic (exact) mass is 280 g/mol. The molecule has 0 unspecified atom stereocenters. The average Bonchev–Trinajstić information content (AvgIpc) is 2.47. The van der Waals surface area contributed by atoms with Crippen LogP contribution in [0.2, 0.25) is 0 Å². The van der Waals surface area contributed by atoms with Gasteiger partial charge in [-0.05, 0) is 13.3 Å². The largest absolute Gasteiger partial charge is 0.491 e. The lowest BCUT2D eigenvalue weighted by atomic mass is 10.1. The van der Waals surface area contributed by atoms with Crippen molar-refractivity contribution >= 4 is 0 Å². The van der Waals surface area contributed by atoms with Gasteiger partial charge in [0, 0.05) is 23.9 Å². The molecule has 4 heteroatoms. The zero-order valence-corrected chi connectivity index (χ0v) is 12.8. The fraction of sp³-hybridized carbons (Fsp3) is 0.688. The van der Waals surface area contributed by atoms with Gasteiger partial charge in [0.2, 0.25) is 0 Å². The Morgan fingerprint density at radius 1 is 1.20 bits per heavy atom. The number of aliphatic hydroxyl groups is 1. The van der Waals surface area contributed by atoms with E-state index in [9.17, 15) is 5.11 Å². The molecule has 3 N–H and O–H groups in total. The molecule has 1 heterocycles. The number of hydrogen-bond acceptors (Lipinski definition) is 4. The smallest absolute Gasteiger partial charge is 0.145 e. The van der Waals surface area contributed by atoms with Crippen molar-refractivity contribution in [3.05, 3.63) is 23.0 Å². The van der Waals surface area contributed by atoms with Crippen LogP contribution in [-0.2, 0) is 13.2 Å². The molecule has 1 rings (SSSR count). The third-order valence-corrected chi connectivity index (χ3v) is 3.52. The Hall–Kier alpha value is -1.13.